The fourth-order valence-electron chi connectivity index (χ4n) is 1.47. The number of aldehydes is 1. The summed E-state index contributed by atoms with van der Waals surface area (Å²) in [6.45, 7) is 3.90. The molecule has 0 radical (unpaired) electrons. The maximum atomic E-state index is 11.6. The van der Waals surface area contributed by atoms with Gasteiger partial charge in [0.15, 0.2) is 0 Å². The molecule has 0 aliphatic rings. The Morgan fingerprint density at radius 2 is 2.06 bits per heavy atom. The number of nitrogens with one attached hydrogen (secondary N) is 1. The maximum absolute atomic E-state index is 11.6. The van der Waals surface area contributed by atoms with E-state index in [0.29, 0.717) is 6.29 Å². The molecule has 1 unspecified atom stereocenters. The van der Waals surface area contributed by atoms with E-state index in [-0.39, 0.29) is 31.1 Å². The molecule has 0 aliphatic carbocycles. The summed E-state index contributed by atoms with van der Waals surface area (Å²) < 4.78 is 0. The number of carbonyl (C=O) groups is 3. The van der Waals surface area contributed by atoms with Crippen LogP contribution in [0, 0.1) is 5.92 Å². The largest absolute Gasteiger partial charge is 0.480 e. The van der Waals surface area contributed by atoms with Gasteiger partial charge in [-0.05, 0) is 18.8 Å². The molecule has 0 saturated carbocycles. The molecule has 0 aromatic carbocycles. The predicted molar refractivity (Wildman–Crippen MR) is 68.1 cm³/mol. The van der Waals surface area contributed by atoms with Gasteiger partial charge in [0.25, 0.3) is 0 Å². The lowest BCUT2D eigenvalue weighted by Gasteiger charge is -2.14. The van der Waals surface area contributed by atoms with Crippen molar-refractivity contribution in [3.05, 3.63) is 12.2 Å². The zero-order valence-electron chi connectivity index (χ0n) is 10.9. The zero-order valence-corrected chi connectivity index (χ0v) is 10.9. The first-order chi connectivity index (χ1) is 8.51. The third kappa shape index (κ3) is 7.60. The Balaban J connectivity index is 4.20. The highest BCUT2D eigenvalue weighted by Crippen LogP contribution is 2.05. The maximum Gasteiger partial charge on any atom is 0.326 e. The van der Waals surface area contributed by atoms with Crippen LogP contribution in [0.15, 0.2) is 12.2 Å². The first-order valence-electron chi connectivity index (χ1n) is 6.13. The van der Waals surface area contributed by atoms with E-state index in [9.17, 15) is 14.4 Å². The Hall–Kier alpha value is -1.65. The number of carboxylic acids is 1. The van der Waals surface area contributed by atoms with Crippen molar-refractivity contribution in [3.8, 4) is 0 Å². The third-order valence-corrected chi connectivity index (χ3v) is 2.41. The molecule has 5 heteroatoms. The van der Waals surface area contributed by atoms with Crippen LogP contribution in [0.5, 0.6) is 0 Å². The minimum Gasteiger partial charge on any atom is -0.480 e. The number of hydrogen-bond acceptors (Lipinski definition) is 3. The SMILES string of the molecule is CC/C=C/C(C)CC(=O)N[C@H](CCC=O)C(=O)O. The highest BCUT2D eigenvalue weighted by Gasteiger charge is 2.19. The first-order valence-corrected chi connectivity index (χ1v) is 6.13. The van der Waals surface area contributed by atoms with Crippen LogP contribution in [0.25, 0.3) is 0 Å². The lowest BCUT2D eigenvalue weighted by molar-refractivity contribution is -0.142. The van der Waals surface area contributed by atoms with Crippen molar-refractivity contribution < 1.29 is 19.5 Å². The van der Waals surface area contributed by atoms with Crippen LogP contribution >= 0.6 is 0 Å². The highest BCUT2D eigenvalue weighted by atomic mass is 16.4. The molecule has 1 amide bonds. The summed E-state index contributed by atoms with van der Waals surface area (Å²) in [6.07, 6.45) is 5.96. The molecule has 18 heavy (non-hydrogen) atoms. The Morgan fingerprint density at radius 3 is 2.56 bits per heavy atom. The summed E-state index contributed by atoms with van der Waals surface area (Å²) in [7, 11) is 0. The van der Waals surface area contributed by atoms with Crippen molar-refractivity contribution >= 4 is 18.2 Å². The van der Waals surface area contributed by atoms with Crippen molar-refractivity contribution in [1.29, 1.82) is 0 Å². The Kier molecular flexibility index (Phi) is 8.53. The standard InChI is InChI=1S/C13H21NO4/c1-3-4-6-10(2)9-12(16)14-11(13(17)18)7-5-8-15/h4,6,8,10-11H,3,5,7,9H2,1-2H3,(H,14,16)(H,17,18)/b6-4+/t10?,11-/m1/s1. The molecule has 102 valence electrons. The van der Waals surface area contributed by atoms with E-state index in [2.05, 4.69) is 5.32 Å². The zero-order chi connectivity index (χ0) is 14.0. The molecule has 0 aromatic heterocycles. The summed E-state index contributed by atoms with van der Waals surface area (Å²) in [5.41, 5.74) is 0. The van der Waals surface area contributed by atoms with Crippen molar-refractivity contribution in [2.24, 2.45) is 5.92 Å². The van der Waals surface area contributed by atoms with Crippen LogP contribution in [0.2, 0.25) is 0 Å². The van der Waals surface area contributed by atoms with Crippen LogP contribution in [0.1, 0.15) is 39.5 Å². The van der Waals surface area contributed by atoms with Gasteiger partial charge in [-0.15, -0.1) is 0 Å². The number of hydrogen-bond donors (Lipinski definition) is 2. The van der Waals surface area contributed by atoms with Gasteiger partial charge in [-0.3, -0.25) is 4.79 Å². The molecule has 0 bridgehead atoms. The van der Waals surface area contributed by atoms with Gasteiger partial charge >= 0.3 is 5.97 Å². The van der Waals surface area contributed by atoms with E-state index in [0.717, 1.165) is 6.42 Å². The van der Waals surface area contributed by atoms with Gasteiger partial charge in [-0.25, -0.2) is 4.79 Å². The summed E-state index contributed by atoms with van der Waals surface area (Å²) in [5, 5.41) is 11.3. The smallest absolute Gasteiger partial charge is 0.326 e. The topological polar surface area (TPSA) is 83.5 Å². The van der Waals surface area contributed by atoms with Gasteiger partial charge in [-0.2, -0.15) is 0 Å². The van der Waals surface area contributed by atoms with E-state index < -0.39 is 12.0 Å². The molecular weight excluding hydrogens is 234 g/mol. The molecule has 5 nitrogen and oxygen atoms in total. The van der Waals surface area contributed by atoms with Crippen LogP contribution in [-0.4, -0.2) is 29.3 Å². The lowest BCUT2D eigenvalue weighted by Crippen LogP contribution is -2.41. The van der Waals surface area contributed by atoms with Gasteiger partial charge in [0.1, 0.15) is 12.3 Å². The molecule has 0 fully saturated rings. The average molecular weight is 255 g/mol. The van der Waals surface area contributed by atoms with Gasteiger partial charge in [0.05, 0.1) is 0 Å². The monoisotopic (exact) mass is 255 g/mol. The summed E-state index contributed by atoms with van der Waals surface area (Å²) in [6, 6.07) is -0.981. The minimum absolute atomic E-state index is 0.0745. The lowest BCUT2D eigenvalue weighted by atomic mass is 10.1. The van der Waals surface area contributed by atoms with Gasteiger partial charge in [0.2, 0.25) is 5.91 Å². The second-order valence-corrected chi connectivity index (χ2v) is 4.22. The average Bonchev–Trinajstić information content (AvgIpc) is 2.31. The Labute approximate surface area is 107 Å². The van der Waals surface area contributed by atoms with Gasteiger partial charge in [0, 0.05) is 12.8 Å². The van der Waals surface area contributed by atoms with Crippen molar-refractivity contribution in [3.63, 3.8) is 0 Å². The molecule has 0 aromatic rings. The molecule has 2 N–H and O–H groups in total. The third-order valence-electron chi connectivity index (χ3n) is 2.41. The Bertz CT molecular complexity index is 312. The number of rotatable bonds is 9. The Morgan fingerprint density at radius 1 is 1.39 bits per heavy atom. The number of aliphatic carboxylic acids is 1. The van der Waals surface area contributed by atoms with Gasteiger partial charge in [-0.1, -0.05) is 26.0 Å². The van der Waals surface area contributed by atoms with Crippen LogP contribution in [0.3, 0.4) is 0 Å². The van der Waals surface area contributed by atoms with E-state index in [4.69, 9.17) is 5.11 Å². The van der Waals surface area contributed by atoms with Crippen molar-refractivity contribution in [2.75, 3.05) is 0 Å². The molecule has 0 aliphatic heterocycles. The second-order valence-electron chi connectivity index (χ2n) is 4.22. The van der Waals surface area contributed by atoms with Crippen LogP contribution in [0.4, 0.5) is 0 Å². The highest BCUT2D eigenvalue weighted by molar-refractivity contribution is 5.83. The van der Waals surface area contributed by atoms with E-state index in [1.54, 1.807) is 0 Å². The van der Waals surface area contributed by atoms with Crippen LogP contribution in [-0.2, 0) is 14.4 Å². The number of carbonyl (C=O) groups excluding carboxylic acids is 2. The fraction of sp³-hybridized carbons (Fsp3) is 0.615. The molecule has 0 rings (SSSR count). The molecular formula is C13H21NO4. The first kappa shape index (κ1) is 16.4. The quantitative estimate of drug-likeness (QED) is 0.483. The minimum atomic E-state index is -1.11. The molecule has 2 atom stereocenters. The second kappa shape index (κ2) is 9.39. The summed E-state index contributed by atoms with van der Waals surface area (Å²) >= 11 is 0. The van der Waals surface area contributed by atoms with E-state index in [1.807, 2.05) is 26.0 Å². The number of amides is 1. The van der Waals surface area contributed by atoms with E-state index in [1.165, 1.54) is 0 Å². The van der Waals surface area contributed by atoms with E-state index >= 15 is 0 Å². The normalized spacial score (nSPS) is 14.1. The van der Waals surface area contributed by atoms with Gasteiger partial charge < -0.3 is 15.2 Å². The van der Waals surface area contributed by atoms with Crippen molar-refractivity contribution in [1.82, 2.24) is 5.32 Å². The number of carboxylic acid groups (broad SMARTS) is 1. The number of allylic oxidation sites excluding steroid dienone is 2. The summed E-state index contributed by atoms with van der Waals surface area (Å²) in [4.78, 5) is 32.7. The van der Waals surface area contributed by atoms with Crippen LogP contribution < -0.4 is 5.32 Å². The predicted octanol–water partition coefficient (Wildman–Crippen LogP) is 1.53. The molecule has 0 spiro atoms. The summed E-state index contributed by atoms with van der Waals surface area (Å²) in [5.74, 6) is -1.34. The molecule has 0 heterocycles. The fourth-order valence-corrected chi connectivity index (χ4v) is 1.47. The van der Waals surface area contributed by atoms with Crippen molar-refractivity contribution in [2.45, 2.75) is 45.6 Å². The molecule has 0 saturated heterocycles.